The van der Waals surface area contributed by atoms with Crippen LogP contribution in [0.15, 0.2) is 21.9 Å². The van der Waals surface area contributed by atoms with Crippen molar-refractivity contribution in [2.24, 2.45) is 0 Å². The van der Waals surface area contributed by atoms with Crippen molar-refractivity contribution in [3.63, 3.8) is 0 Å². The summed E-state index contributed by atoms with van der Waals surface area (Å²) in [6.07, 6.45) is 0. The van der Waals surface area contributed by atoms with E-state index in [0.29, 0.717) is 21.2 Å². The summed E-state index contributed by atoms with van der Waals surface area (Å²) in [5.74, 6) is 0. The first-order chi connectivity index (χ1) is 5.69. The minimum atomic E-state index is 0.681. The zero-order valence-corrected chi connectivity index (χ0v) is 9.11. The lowest BCUT2D eigenvalue weighted by molar-refractivity contribution is 1.35. The summed E-state index contributed by atoms with van der Waals surface area (Å²) in [4.78, 5) is 6.35. The third-order valence-corrected chi connectivity index (χ3v) is 2.46. The third-order valence-electron chi connectivity index (χ3n) is 1.32. The quantitative estimate of drug-likeness (QED) is 0.471. The molecule has 0 unspecified atom stereocenters. The van der Waals surface area contributed by atoms with E-state index in [-0.39, 0.29) is 0 Å². The van der Waals surface area contributed by atoms with Gasteiger partial charge < -0.3 is 0 Å². The smallest absolute Gasteiger partial charge is 0.0646 e. The summed E-state index contributed by atoms with van der Waals surface area (Å²) in [5.41, 5.74) is 1.36. The lowest BCUT2D eigenvalue weighted by Crippen LogP contribution is -1.88. The highest BCUT2D eigenvalue weighted by Crippen LogP contribution is 2.31. The molecule has 2 N–H and O–H groups in total. The molecule has 0 heterocycles. The van der Waals surface area contributed by atoms with E-state index in [4.69, 9.17) is 23.6 Å². The van der Waals surface area contributed by atoms with E-state index in [1.54, 1.807) is 12.1 Å². The van der Waals surface area contributed by atoms with Crippen LogP contribution < -0.4 is 9.67 Å². The van der Waals surface area contributed by atoms with Crippen molar-refractivity contribution in [2.45, 2.75) is 9.79 Å². The zero-order valence-electron chi connectivity index (χ0n) is 5.81. The van der Waals surface area contributed by atoms with Crippen LogP contribution in [0.5, 0.6) is 0 Å². The molecule has 6 heteroatoms. The van der Waals surface area contributed by atoms with E-state index < -0.39 is 0 Å². The van der Waals surface area contributed by atoms with Crippen molar-refractivity contribution in [1.82, 2.24) is 0 Å². The molecule has 0 radical (unpaired) electrons. The van der Waals surface area contributed by atoms with Gasteiger partial charge in [-0.1, -0.05) is 0 Å². The van der Waals surface area contributed by atoms with Crippen LogP contribution in [-0.4, -0.2) is 0 Å². The van der Waals surface area contributed by atoms with Gasteiger partial charge in [-0.15, -0.1) is 25.3 Å². The minimum absolute atomic E-state index is 0.681. The molecule has 0 aliphatic heterocycles. The summed E-state index contributed by atoms with van der Waals surface area (Å²) in [7, 11) is 0. The predicted molar refractivity (Wildman–Crippen MR) is 59.9 cm³/mol. The second kappa shape index (κ2) is 4.37. The van der Waals surface area contributed by atoms with Crippen molar-refractivity contribution >= 4 is 60.2 Å². The van der Waals surface area contributed by atoms with Crippen molar-refractivity contribution < 1.29 is 0 Å². The van der Waals surface area contributed by atoms with Crippen molar-refractivity contribution in [1.29, 1.82) is 0 Å². The standard InChI is InChI=1S/C6H6Cl2N2S2/c7-9-3-1-4(10-8)6(12)2-5(3)11/h1-2,9-12H. The van der Waals surface area contributed by atoms with Gasteiger partial charge in [-0.2, -0.15) is 0 Å². The number of benzene rings is 1. The van der Waals surface area contributed by atoms with Gasteiger partial charge in [0.2, 0.25) is 0 Å². The molecule has 0 aliphatic carbocycles. The lowest BCUT2D eigenvalue weighted by Gasteiger charge is -2.07. The Balaban J connectivity index is 3.18. The van der Waals surface area contributed by atoms with Crippen LogP contribution in [0.25, 0.3) is 0 Å². The Bertz CT molecular complexity index is 268. The van der Waals surface area contributed by atoms with Gasteiger partial charge in [-0.3, -0.25) is 9.67 Å². The SMILES string of the molecule is Sc1cc(S)c(NCl)cc1NCl. The Morgan fingerprint density at radius 3 is 1.67 bits per heavy atom. The summed E-state index contributed by atoms with van der Waals surface area (Å²) in [5, 5.41) is 0. The van der Waals surface area contributed by atoms with Gasteiger partial charge in [-0.05, 0) is 12.1 Å². The molecule has 0 fully saturated rings. The lowest BCUT2D eigenvalue weighted by atomic mass is 10.3. The predicted octanol–water partition coefficient (Wildman–Crippen LogP) is 3.40. The van der Waals surface area contributed by atoms with Crippen LogP contribution in [0.1, 0.15) is 0 Å². The fourth-order valence-corrected chi connectivity index (χ4v) is 1.77. The Morgan fingerprint density at radius 2 is 1.33 bits per heavy atom. The summed E-state index contributed by atoms with van der Waals surface area (Å²) in [6, 6.07) is 3.45. The average Bonchev–Trinajstić information content (AvgIpc) is 2.05. The highest BCUT2D eigenvalue weighted by molar-refractivity contribution is 7.81. The molecule has 0 spiro atoms. The van der Waals surface area contributed by atoms with Gasteiger partial charge in [0.25, 0.3) is 0 Å². The fourth-order valence-electron chi connectivity index (χ4n) is 0.729. The molecule has 1 aromatic rings. The number of nitrogens with one attached hydrogen (secondary N) is 2. The molecular formula is C6H6Cl2N2S2. The highest BCUT2D eigenvalue weighted by Gasteiger charge is 2.03. The topological polar surface area (TPSA) is 24.1 Å². The van der Waals surface area contributed by atoms with E-state index in [2.05, 4.69) is 34.9 Å². The molecular weight excluding hydrogens is 235 g/mol. The van der Waals surface area contributed by atoms with E-state index in [9.17, 15) is 0 Å². The first-order valence-corrected chi connectivity index (χ1v) is 4.63. The number of hydrogen-bond donors (Lipinski definition) is 4. The van der Waals surface area contributed by atoms with Gasteiger partial charge in [0.05, 0.1) is 11.4 Å². The fraction of sp³-hybridized carbons (Fsp3) is 0. The minimum Gasteiger partial charge on any atom is -0.297 e. The maximum atomic E-state index is 5.42. The second-order valence-electron chi connectivity index (χ2n) is 2.08. The molecule has 0 saturated heterocycles. The van der Waals surface area contributed by atoms with Gasteiger partial charge in [0.15, 0.2) is 0 Å². The Morgan fingerprint density at radius 1 is 0.917 bits per heavy atom. The average molecular weight is 241 g/mol. The number of anilines is 2. The Hall–Kier alpha value is 0.1000. The van der Waals surface area contributed by atoms with E-state index >= 15 is 0 Å². The van der Waals surface area contributed by atoms with E-state index in [1.807, 2.05) is 0 Å². The molecule has 0 saturated carbocycles. The van der Waals surface area contributed by atoms with E-state index in [1.165, 1.54) is 0 Å². The largest absolute Gasteiger partial charge is 0.297 e. The summed E-state index contributed by atoms with van der Waals surface area (Å²) in [6.45, 7) is 0. The zero-order chi connectivity index (χ0) is 9.14. The van der Waals surface area contributed by atoms with Gasteiger partial charge in [0, 0.05) is 33.3 Å². The van der Waals surface area contributed by atoms with E-state index in [0.717, 1.165) is 0 Å². The number of thiol groups is 2. The van der Waals surface area contributed by atoms with Crippen molar-refractivity contribution in [3.8, 4) is 0 Å². The summed E-state index contributed by atoms with van der Waals surface area (Å²) < 4.78 is 0. The molecule has 0 aliphatic rings. The third kappa shape index (κ3) is 2.07. The second-order valence-corrected chi connectivity index (χ2v) is 3.42. The maximum Gasteiger partial charge on any atom is 0.0646 e. The number of rotatable bonds is 2. The van der Waals surface area contributed by atoms with Crippen LogP contribution in [-0.2, 0) is 0 Å². The number of hydrogen-bond acceptors (Lipinski definition) is 4. The van der Waals surface area contributed by atoms with Crippen molar-refractivity contribution in [2.75, 3.05) is 9.67 Å². The molecule has 0 bridgehead atoms. The Kier molecular flexibility index (Phi) is 3.71. The first kappa shape index (κ1) is 10.2. The normalized spacial score (nSPS) is 9.67. The van der Waals surface area contributed by atoms with Gasteiger partial charge in [0.1, 0.15) is 0 Å². The van der Waals surface area contributed by atoms with Crippen LogP contribution in [0.4, 0.5) is 11.4 Å². The Labute approximate surface area is 91.7 Å². The van der Waals surface area contributed by atoms with Gasteiger partial charge in [-0.25, -0.2) is 0 Å². The maximum absolute atomic E-state index is 5.42. The van der Waals surface area contributed by atoms with Crippen LogP contribution in [0.3, 0.4) is 0 Å². The first-order valence-electron chi connectivity index (χ1n) is 2.98. The van der Waals surface area contributed by atoms with Gasteiger partial charge >= 0.3 is 0 Å². The molecule has 1 rings (SSSR count). The summed E-state index contributed by atoms with van der Waals surface area (Å²) >= 11 is 19.2. The van der Waals surface area contributed by atoms with Crippen LogP contribution in [0.2, 0.25) is 0 Å². The molecule has 66 valence electrons. The monoisotopic (exact) mass is 240 g/mol. The molecule has 0 aromatic heterocycles. The molecule has 0 atom stereocenters. The molecule has 1 aromatic carbocycles. The molecule has 0 amide bonds. The molecule has 2 nitrogen and oxygen atoms in total. The number of halogens is 2. The molecule has 12 heavy (non-hydrogen) atoms. The van der Waals surface area contributed by atoms with Crippen molar-refractivity contribution in [3.05, 3.63) is 12.1 Å². The van der Waals surface area contributed by atoms with Crippen LogP contribution in [0, 0.1) is 0 Å². The highest BCUT2D eigenvalue weighted by atomic mass is 35.5. The van der Waals surface area contributed by atoms with Crippen LogP contribution >= 0.6 is 48.8 Å².